The van der Waals surface area contributed by atoms with Crippen LogP contribution in [0.1, 0.15) is 43.2 Å². The van der Waals surface area contributed by atoms with Crippen LogP contribution in [0.15, 0.2) is 48.8 Å². The van der Waals surface area contributed by atoms with Crippen molar-refractivity contribution >= 4 is 23.6 Å². The summed E-state index contributed by atoms with van der Waals surface area (Å²) < 4.78 is 0. The zero-order valence-electron chi connectivity index (χ0n) is 22.7. The fraction of sp³-hybridized carbons (Fsp3) is 0.500. The number of rotatable bonds is 13. The molecule has 0 unspecified atom stereocenters. The van der Waals surface area contributed by atoms with Gasteiger partial charge >= 0.3 is 17.9 Å². The second-order valence-electron chi connectivity index (χ2n) is 10.1. The number of pyridine rings is 1. The van der Waals surface area contributed by atoms with Gasteiger partial charge in [0.2, 0.25) is 0 Å². The summed E-state index contributed by atoms with van der Waals surface area (Å²) in [6.45, 7) is 6.48. The van der Waals surface area contributed by atoms with Gasteiger partial charge in [-0.3, -0.25) is 19.5 Å². The summed E-state index contributed by atoms with van der Waals surface area (Å²) in [5.41, 5.74) is 1.35. The summed E-state index contributed by atoms with van der Waals surface area (Å²) in [7, 11) is 4.27. The van der Waals surface area contributed by atoms with Crippen molar-refractivity contribution in [3.05, 3.63) is 59.9 Å². The molecule has 0 spiro atoms. The molecule has 214 valence electrons. The van der Waals surface area contributed by atoms with Crippen LogP contribution < -0.4 is 4.90 Å². The lowest BCUT2D eigenvalue weighted by molar-refractivity contribution is -0.170. The average Bonchev–Trinajstić information content (AvgIpc) is 2.88. The number of carboxylic acid groups (broad SMARTS) is 3. The Balaban J connectivity index is 0.000000349. The molecule has 0 aliphatic carbocycles. The van der Waals surface area contributed by atoms with Gasteiger partial charge in [-0.1, -0.05) is 12.1 Å². The van der Waals surface area contributed by atoms with E-state index < -0.39 is 36.4 Å². The molecular weight excluding hydrogens is 504 g/mol. The Morgan fingerprint density at radius 1 is 0.821 bits per heavy atom. The van der Waals surface area contributed by atoms with Crippen molar-refractivity contribution < 1.29 is 34.8 Å². The minimum absolute atomic E-state index is 0.963. The van der Waals surface area contributed by atoms with E-state index in [1.54, 1.807) is 0 Å². The molecule has 0 radical (unpaired) electrons. The highest BCUT2D eigenvalue weighted by Gasteiger charge is 2.40. The van der Waals surface area contributed by atoms with Gasteiger partial charge in [0.25, 0.3) is 0 Å². The van der Waals surface area contributed by atoms with E-state index in [-0.39, 0.29) is 0 Å². The zero-order chi connectivity index (χ0) is 28.8. The number of aliphatic carboxylic acids is 3. The fourth-order valence-electron chi connectivity index (χ4n) is 4.24. The van der Waals surface area contributed by atoms with Crippen LogP contribution in [0.2, 0.25) is 0 Å². The molecule has 1 aromatic carbocycles. The number of carboxylic acids is 3. The number of benzene rings is 1. The van der Waals surface area contributed by atoms with Crippen molar-refractivity contribution in [1.82, 2.24) is 14.8 Å². The highest BCUT2D eigenvalue weighted by Crippen LogP contribution is 2.21. The van der Waals surface area contributed by atoms with E-state index in [2.05, 4.69) is 70.2 Å². The Morgan fingerprint density at radius 2 is 1.33 bits per heavy atom. The van der Waals surface area contributed by atoms with E-state index >= 15 is 0 Å². The van der Waals surface area contributed by atoms with E-state index in [1.165, 1.54) is 49.2 Å². The predicted molar refractivity (Wildman–Crippen MR) is 147 cm³/mol. The number of aromatic nitrogens is 1. The molecular formula is C28H40N4O7. The molecule has 0 bridgehead atoms. The number of hydrogen-bond donors (Lipinski definition) is 4. The monoisotopic (exact) mass is 544 g/mol. The maximum atomic E-state index is 10.3. The lowest BCUT2D eigenvalue weighted by atomic mass is 9.96. The number of likely N-dealkylation sites (N-methyl/N-ethyl adjacent to an activating group) is 1. The predicted octanol–water partition coefficient (Wildman–Crippen LogP) is 2.39. The molecule has 11 heteroatoms. The lowest BCUT2D eigenvalue weighted by Crippen LogP contribution is -2.42. The third-order valence-corrected chi connectivity index (χ3v) is 6.37. The molecule has 1 saturated heterocycles. The van der Waals surface area contributed by atoms with Crippen LogP contribution >= 0.6 is 0 Å². The molecule has 4 N–H and O–H groups in total. The molecule has 1 aliphatic heterocycles. The maximum Gasteiger partial charge on any atom is 0.336 e. The van der Waals surface area contributed by atoms with Gasteiger partial charge in [0.15, 0.2) is 5.60 Å². The van der Waals surface area contributed by atoms with Crippen LogP contribution in [0.25, 0.3) is 0 Å². The molecule has 2 heterocycles. The Morgan fingerprint density at radius 3 is 1.79 bits per heavy atom. The minimum atomic E-state index is -2.74. The van der Waals surface area contributed by atoms with Crippen LogP contribution in [0.5, 0.6) is 0 Å². The summed E-state index contributed by atoms with van der Waals surface area (Å²) in [6, 6.07) is 13.4. The lowest BCUT2D eigenvalue weighted by Gasteiger charge is -2.29. The van der Waals surface area contributed by atoms with Gasteiger partial charge in [-0.15, -0.1) is 0 Å². The first-order chi connectivity index (χ1) is 18.5. The number of anilines is 1. The molecule has 0 amide bonds. The molecule has 39 heavy (non-hydrogen) atoms. The Kier molecular flexibility index (Phi) is 12.8. The number of hydrogen-bond acceptors (Lipinski definition) is 8. The highest BCUT2D eigenvalue weighted by atomic mass is 16.4. The maximum absolute atomic E-state index is 10.3. The van der Waals surface area contributed by atoms with Gasteiger partial charge in [0.1, 0.15) is 0 Å². The van der Waals surface area contributed by atoms with Crippen molar-refractivity contribution in [3.63, 3.8) is 0 Å². The van der Waals surface area contributed by atoms with Crippen molar-refractivity contribution in [2.75, 3.05) is 45.2 Å². The second-order valence-corrected chi connectivity index (χ2v) is 10.1. The first-order valence-corrected chi connectivity index (χ1v) is 13.0. The van der Waals surface area contributed by atoms with E-state index in [4.69, 9.17) is 20.4 Å². The molecule has 1 aliphatic rings. The fourth-order valence-corrected chi connectivity index (χ4v) is 4.24. The summed E-state index contributed by atoms with van der Waals surface area (Å²) >= 11 is 0. The van der Waals surface area contributed by atoms with E-state index in [9.17, 15) is 14.4 Å². The topological polar surface area (TPSA) is 155 Å². The Bertz CT molecular complexity index is 1030. The molecule has 0 saturated carbocycles. The normalized spacial score (nSPS) is 13.6. The van der Waals surface area contributed by atoms with Gasteiger partial charge in [-0.05, 0) is 68.8 Å². The first kappa shape index (κ1) is 31.7. The average molecular weight is 545 g/mol. The van der Waals surface area contributed by atoms with Gasteiger partial charge in [0.05, 0.1) is 12.8 Å². The summed E-state index contributed by atoms with van der Waals surface area (Å²) in [5, 5.41) is 33.8. The minimum Gasteiger partial charge on any atom is -0.481 e. The molecule has 1 fully saturated rings. The number of piperidine rings is 1. The largest absolute Gasteiger partial charge is 0.481 e. The first-order valence-electron chi connectivity index (χ1n) is 13.0. The van der Waals surface area contributed by atoms with E-state index in [0.717, 1.165) is 26.2 Å². The molecule has 2 aromatic rings. The third kappa shape index (κ3) is 11.8. The van der Waals surface area contributed by atoms with Crippen molar-refractivity contribution in [2.45, 2.75) is 50.8 Å². The van der Waals surface area contributed by atoms with Crippen LogP contribution in [0.3, 0.4) is 0 Å². The summed E-state index contributed by atoms with van der Waals surface area (Å²) in [4.78, 5) is 41.9. The number of nitrogens with zero attached hydrogens (tertiary/aromatic N) is 4. The highest BCUT2D eigenvalue weighted by molar-refractivity contribution is 5.88. The van der Waals surface area contributed by atoms with E-state index in [0.29, 0.717) is 0 Å². The smallest absolute Gasteiger partial charge is 0.336 e. The molecule has 0 atom stereocenters. The second kappa shape index (κ2) is 15.8. The van der Waals surface area contributed by atoms with Crippen molar-refractivity contribution in [3.8, 4) is 0 Å². The molecule has 11 nitrogen and oxygen atoms in total. The summed E-state index contributed by atoms with van der Waals surface area (Å²) in [6.07, 6.45) is 5.51. The quantitative estimate of drug-likeness (QED) is 0.294. The van der Waals surface area contributed by atoms with E-state index in [1.807, 2.05) is 12.4 Å². The van der Waals surface area contributed by atoms with Crippen molar-refractivity contribution in [2.24, 2.45) is 0 Å². The van der Waals surface area contributed by atoms with Crippen LogP contribution in [-0.4, -0.2) is 99.0 Å². The Hall–Kier alpha value is -3.54. The molecule has 1 aromatic heterocycles. The third-order valence-electron chi connectivity index (χ3n) is 6.37. The SMILES string of the molecule is CN(C)CCN(Cc1ccncc1)Cc1ccc(N2CCCCC2)cc1.O=C(O)CC(O)(CC(=O)O)C(=O)O. The zero-order valence-corrected chi connectivity index (χ0v) is 22.7. The van der Waals surface area contributed by atoms with Crippen LogP contribution in [0, 0.1) is 0 Å². The number of carbonyl (C=O) groups is 3. The Labute approximate surface area is 229 Å². The van der Waals surface area contributed by atoms with Gasteiger partial charge in [0, 0.05) is 57.3 Å². The van der Waals surface area contributed by atoms with Gasteiger partial charge in [-0.25, -0.2) is 4.79 Å². The number of aliphatic hydroxyl groups is 1. The van der Waals surface area contributed by atoms with Gasteiger partial charge in [-0.2, -0.15) is 0 Å². The summed E-state index contributed by atoms with van der Waals surface area (Å²) in [5.74, 6) is -5.02. The standard InChI is InChI=1S/C22H32N4.C6H8O7/c1-24(2)16-17-25(19-21-10-12-23-13-11-21)18-20-6-8-22(9-7-20)26-14-4-3-5-15-26;7-3(8)1-6(13,5(11)12)2-4(9)10/h6-13H,3-5,14-19H2,1-2H3;13H,1-2H2,(H,7,8)(H,9,10)(H,11,12). The van der Waals surface area contributed by atoms with Crippen LogP contribution in [0.4, 0.5) is 5.69 Å². The molecule has 3 rings (SSSR count). The van der Waals surface area contributed by atoms with Crippen LogP contribution in [-0.2, 0) is 27.5 Å². The van der Waals surface area contributed by atoms with Crippen molar-refractivity contribution in [1.29, 1.82) is 0 Å². The van der Waals surface area contributed by atoms with Gasteiger partial charge < -0.3 is 30.2 Å².